The zero-order valence-corrected chi connectivity index (χ0v) is 18.6. The number of carbonyl (C=O) groups excluding carboxylic acids is 1. The summed E-state index contributed by atoms with van der Waals surface area (Å²) >= 11 is 6.27. The van der Waals surface area contributed by atoms with E-state index in [2.05, 4.69) is 10.3 Å². The Hall–Kier alpha value is -3.70. The summed E-state index contributed by atoms with van der Waals surface area (Å²) in [5, 5.41) is 3.42. The van der Waals surface area contributed by atoms with Crippen LogP contribution in [0.5, 0.6) is 0 Å². The molecule has 0 aliphatic rings. The average Bonchev–Trinajstić information content (AvgIpc) is 2.77. The molecule has 1 N–H and O–H groups in total. The van der Waals surface area contributed by atoms with Crippen LogP contribution in [0.15, 0.2) is 83.8 Å². The lowest BCUT2D eigenvalue weighted by Gasteiger charge is -2.20. The van der Waals surface area contributed by atoms with Gasteiger partial charge in [-0.2, -0.15) is 0 Å². The molecule has 0 radical (unpaired) electrons. The van der Waals surface area contributed by atoms with Crippen molar-refractivity contribution < 1.29 is 4.79 Å². The van der Waals surface area contributed by atoms with Crippen LogP contribution < -0.4 is 10.7 Å². The summed E-state index contributed by atoms with van der Waals surface area (Å²) in [6, 6.07) is 21.8. The summed E-state index contributed by atoms with van der Waals surface area (Å²) in [5.74, 6) is -0.464. The number of benzene rings is 2. The first-order chi connectivity index (χ1) is 15.4. The van der Waals surface area contributed by atoms with Gasteiger partial charge in [-0.3, -0.25) is 14.6 Å². The monoisotopic (exact) mass is 443 g/mol. The molecular formula is C26H22ClN3O2. The number of anilines is 1. The Morgan fingerprint density at radius 2 is 1.78 bits per heavy atom. The zero-order chi connectivity index (χ0) is 22.7. The van der Waals surface area contributed by atoms with Gasteiger partial charge < -0.3 is 9.88 Å². The highest BCUT2D eigenvalue weighted by Gasteiger charge is 2.22. The fraction of sp³-hybridized carbons (Fsp3) is 0.115. The number of nitrogens with one attached hydrogen (secondary N) is 1. The molecule has 0 aliphatic carbocycles. The van der Waals surface area contributed by atoms with E-state index in [-0.39, 0.29) is 11.0 Å². The van der Waals surface area contributed by atoms with Gasteiger partial charge in [0, 0.05) is 34.2 Å². The number of carbonyl (C=O) groups is 1. The molecule has 4 aromatic rings. The number of pyridine rings is 2. The Labute approximate surface area is 191 Å². The molecule has 0 bridgehead atoms. The van der Waals surface area contributed by atoms with Crippen LogP contribution in [0.25, 0.3) is 11.3 Å². The smallest absolute Gasteiger partial charge is 0.261 e. The Kier molecular flexibility index (Phi) is 6.19. The van der Waals surface area contributed by atoms with Crippen LogP contribution in [0.2, 0.25) is 5.02 Å². The van der Waals surface area contributed by atoms with E-state index in [1.54, 1.807) is 24.4 Å². The van der Waals surface area contributed by atoms with E-state index >= 15 is 0 Å². The van der Waals surface area contributed by atoms with Gasteiger partial charge in [-0.1, -0.05) is 48.0 Å². The Balaban J connectivity index is 1.92. The fourth-order valence-corrected chi connectivity index (χ4v) is 3.87. The second-order valence-corrected chi connectivity index (χ2v) is 8.00. The molecule has 0 fully saturated rings. The molecule has 32 heavy (non-hydrogen) atoms. The molecule has 0 spiro atoms. The van der Waals surface area contributed by atoms with Gasteiger partial charge in [-0.25, -0.2) is 0 Å². The van der Waals surface area contributed by atoms with E-state index in [4.69, 9.17) is 11.6 Å². The van der Waals surface area contributed by atoms with Crippen molar-refractivity contribution >= 4 is 23.2 Å². The molecule has 2 aromatic carbocycles. The maximum atomic E-state index is 13.4. The highest BCUT2D eigenvalue weighted by atomic mass is 35.5. The molecule has 160 valence electrons. The standard InChI is InChI=1S/C26H22ClN3O2/c1-17-8-3-4-12-22(17)29-26(32)24-23(31)14-18(2)30(16-21-11-5-6-13-28-21)25(24)19-9-7-10-20(27)15-19/h3-15H,16H2,1-2H3,(H,29,32). The van der Waals surface area contributed by atoms with Crippen molar-refractivity contribution in [3.05, 3.63) is 117 Å². The number of aryl methyl sites for hydroxylation is 2. The minimum Gasteiger partial charge on any atom is -0.338 e. The first-order valence-electron chi connectivity index (χ1n) is 10.2. The van der Waals surface area contributed by atoms with Gasteiger partial charge >= 0.3 is 0 Å². The first kappa shape index (κ1) is 21.5. The van der Waals surface area contributed by atoms with Crippen molar-refractivity contribution in [1.29, 1.82) is 0 Å². The van der Waals surface area contributed by atoms with E-state index < -0.39 is 5.91 Å². The number of aromatic nitrogens is 2. The quantitative estimate of drug-likeness (QED) is 0.444. The van der Waals surface area contributed by atoms with Gasteiger partial charge in [0.2, 0.25) is 0 Å². The van der Waals surface area contributed by atoms with Crippen LogP contribution in [0, 0.1) is 13.8 Å². The minimum absolute atomic E-state index is 0.0667. The van der Waals surface area contributed by atoms with Crippen molar-refractivity contribution in [3.63, 3.8) is 0 Å². The second-order valence-electron chi connectivity index (χ2n) is 7.56. The van der Waals surface area contributed by atoms with Crippen LogP contribution >= 0.6 is 11.6 Å². The molecule has 6 heteroatoms. The van der Waals surface area contributed by atoms with Crippen molar-refractivity contribution in [3.8, 4) is 11.3 Å². The van der Waals surface area contributed by atoms with E-state index in [9.17, 15) is 9.59 Å². The van der Waals surface area contributed by atoms with Crippen molar-refractivity contribution in [1.82, 2.24) is 9.55 Å². The third-order valence-corrected chi connectivity index (χ3v) is 5.52. The fourth-order valence-electron chi connectivity index (χ4n) is 3.68. The number of rotatable bonds is 5. The summed E-state index contributed by atoms with van der Waals surface area (Å²) in [6.45, 7) is 4.16. The van der Waals surface area contributed by atoms with E-state index in [0.717, 1.165) is 17.0 Å². The summed E-state index contributed by atoms with van der Waals surface area (Å²) in [4.78, 5) is 30.9. The molecule has 4 rings (SSSR count). The third kappa shape index (κ3) is 4.48. The molecule has 0 atom stereocenters. The maximum absolute atomic E-state index is 13.4. The number of nitrogens with zero attached hydrogens (tertiary/aromatic N) is 2. The van der Waals surface area contributed by atoms with Crippen molar-refractivity contribution in [2.45, 2.75) is 20.4 Å². The van der Waals surface area contributed by atoms with Crippen molar-refractivity contribution in [2.24, 2.45) is 0 Å². The van der Waals surface area contributed by atoms with Gasteiger partial charge in [-0.05, 0) is 49.7 Å². The highest BCUT2D eigenvalue weighted by molar-refractivity contribution is 6.30. The average molecular weight is 444 g/mol. The lowest BCUT2D eigenvalue weighted by atomic mass is 10.0. The number of hydrogen-bond acceptors (Lipinski definition) is 3. The normalized spacial score (nSPS) is 10.7. The lowest BCUT2D eigenvalue weighted by molar-refractivity contribution is 0.102. The topological polar surface area (TPSA) is 64.0 Å². The number of halogens is 1. The molecule has 0 unspecified atom stereocenters. The van der Waals surface area contributed by atoms with Gasteiger partial charge in [0.05, 0.1) is 17.9 Å². The molecule has 0 aliphatic heterocycles. The first-order valence-corrected chi connectivity index (χ1v) is 10.6. The lowest BCUT2D eigenvalue weighted by Crippen LogP contribution is -2.27. The maximum Gasteiger partial charge on any atom is 0.261 e. The zero-order valence-electron chi connectivity index (χ0n) is 17.8. The highest BCUT2D eigenvalue weighted by Crippen LogP contribution is 2.28. The summed E-state index contributed by atoms with van der Waals surface area (Å²) in [5.41, 5.74) is 4.02. The van der Waals surface area contributed by atoms with Crippen molar-refractivity contribution in [2.75, 3.05) is 5.32 Å². The summed E-state index contributed by atoms with van der Waals surface area (Å²) < 4.78 is 1.93. The van der Waals surface area contributed by atoms with E-state index in [1.807, 2.05) is 66.9 Å². The second kappa shape index (κ2) is 9.20. The largest absolute Gasteiger partial charge is 0.338 e. The third-order valence-electron chi connectivity index (χ3n) is 5.28. The summed E-state index contributed by atoms with van der Waals surface area (Å²) in [6.07, 6.45) is 1.72. The molecule has 1 amide bonds. The van der Waals surface area contributed by atoms with E-state index in [1.165, 1.54) is 6.07 Å². The van der Waals surface area contributed by atoms with Gasteiger partial charge in [0.1, 0.15) is 5.56 Å². The van der Waals surface area contributed by atoms with Gasteiger partial charge in [0.25, 0.3) is 5.91 Å². The Morgan fingerprint density at radius 3 is 2.50 bits per heavy atom. The molecule has 5 nitrogen and oxygen atoms in total. The molecule has 2 heterocycles. The molecule has 0 saturated carbocycles. The van der Waals surface area contributed by atoms with E-state index in [0.29, 0.717) is 28.5 Å². The SMILES string of the molecule is Cc1ccccc1NC(=O)c1c(-c2cccc(Cl)c2)n(Cc2ccccn2)c(C)cc1=O. The number of amides is 1. The molecular weight excluding hydrogens is 422 g/mol. The van der Waals surface area contributed by atoms with Gasteiger partial charge in [-0.15, -0.1) is 0 Å². The van der Waals surface area contributed by atoms with Crippen LogP contribution in [-0.4, -0.2) is 15.5 Å². The number of para-hydroxylation sites is 1. The summed E-state index contributed by atoms with van der Waals surface area (Å²) in [7, 11) is 0. The van der Waals surface area contributed by atoms with Crippen LogP contribution in [0.1, 0.15) is 27.3 Å². The minimum atomic E-state index is -0.464. The Morgan fingerprint density at radius 1 is 1.00 bits per heavy atom. The Bertz CT molecular complexity index is 1350. The van der Waals surface area contributed by atoms with Crippen LogP contribution in [0.4, 0.5) is 5.69 Å². The predicted molar refractivity (Wildman–Crippen MR) is 128 cm³/mol. The van der Waals surface area contributed by atoms with Crippen LogP contribution in [0.3, 0.4) is 0 Å². The van der Waals surface area contributed by atoms with Gasteiger partial charge in [0.15, 0.2) is 5.43 Å². The molecule has 2 aromatic heterocycles. The molecule has 0 saturated heterocycles. The number of hydrogen-bond donors (Lipinski definition) is 1. The predicted octanol–water partition coefficient (Wildman–Crippen LogP) is 5.48. The van der Waals surface area contributed by atoms with Crippen LogP contribution in [-0.2, 0) is 6.54 Å².